The van der Waals surface area contributed by atoms with Gasteiger partial charge in [-0.25, -0.2) is 0 Å². The van der Waals surface area contributed by atoms with E-state index in [0.29, 0.717) is 12.1 Å². The van der Waals surface area contributed by atoms with Gasteiger partial charge < -0.3 is 10.6 Å². The van der Waals surface area contributed by atoms with Crippen molar-refractivity contribution < 1.29 is 4.79 Å². The molecule has 2 rings (SSSR count). The van der Waals surface area contributed by atoms with Gasteiger partial charge in [0.05, 0.1) is 11.1 Å². The van der Waals surface area contributed by atoms with Gasteiger partial charge in [0.25, 0.3) is 5.91 Å². The van der Waals surface area contributed by atoms with Crippen molar-refractivity contribution >= 4 is 16.8 Å². The van der Waals surface area contributed by atoms with Crippen molar-refractivity contribution in [2.75, 3.05) is 13.6 Å². The molecule has 0 radical (unpaired) electrons. The molecule has 2 aromatic rings. The summed E-state index contributed by atoms with van der Waals surface area (Å²) in [6, 6.07) is 9.45. The first-order valence-electron chi connectivity index (χ1n) is 6.29. The molecule has 0 spiro atoms. The molecule has 0 fully saturated rings. The lowest BCUT2D eigenvalue weighted by molar-refractivity contribution is 0.0642. The number of benzene rings is 1. The van der Waals surface area contributed by atoms with E-state index in [2.05, 4.69) is 4.98 Å². The van der Waals surface area contributed by atoms with Crippen LogP contribution in [-0.4, -0.2) is 34.9 Å². The molecule has 100 valence electrons. The molecule has 0 aliphatic heterocycles. The van der Waals surface area contributed by atoms with Crippen LogP contribution in [-0.2, 0) is 0 Å². The molecule has 4 nitrogen and oxygen atoms in total. The molecule has 1 amide bonds. The molecule has 0 saturated heterocycles. The Labute approximate surface area is 113 Å². The highest BCUT2D eigenvalue weighted by Crippen LogP contribution is 2.20. The Hall–Kier alpha value is -1.94. The monoisotopic (exact) mass is 257 g/mol. The Kier molecular flexibility index (Phi) is 3.53. The number of hydrogen-bond acceptors (Lipinski definition) is 3. The van der Waals surface area contributed by atoms with Gasteiger partial charge in [0.2, 0.25) is 0 Å². The van der Waals surface area contributed by atoms with Crippen molar-refractivity contribution in [3.05, 3.63) is 42.1 Å². The number of hydrogen-bond donors (Lipinski definition) is 1. The van der Waals surface area contributed by atoms with E-state index in [1.807, 2.05) is 38.1 Å². The summed E-state index contributed by atoms with van der Waals surface area (Å²) in [4.78, 5) is 18.6. The van der Waals surface area contributed by atoms with Crippen molar-refractivity contribution in [1.82, 2.24) is 9.88 Å². The molecule has 0 aliphatic carbocycles. The summed E-state index contributed by atoms with van der Waals surface area (Å²) in [7, 11) is 1.77. The molecular weight excluding hydrogens is 238 g/mol. The maximum atomic E-state index is 12.6. The van der Waals surface area contributed by atoms with E-state index >= 15 is 0 Å². The number of carbonyl (C=O) groups is 1. The van der Waals surface area contributed by atoms with Crippen LogP contribution in [0.1, 0.15) is 24.2 Å². The molecule has 1 aromatic carbocycles. The number of nitrogens with zero attached hydrogens (tertiary/aromatic N) is 2. The summed E-state index contributed by atoms with van der Waals surface area (Å²) in [6.07, 6.45) is 1.70. The summed E-state index contributed by atoms with van der Waals surface area (Å²) in [5.41, 5.74) is 6.69. The molecule has 4 heteroatoms. The lowest BCUT2D eigenvalue weighted by Gasteiger charge is -2.34. The molecule has 0 atom stereocenters. The van der Waals surface area contributed by atoms with Crippen molar-refractivity contribution in [2.24, 2.45) is 5.73 Å². The van der Waals surface area contributed by atoms with Crippen LogP contribution in [0, 0.1) is 0 Å². The minimum Gasteiger partial charge on any atom is -0.335 e. The van der Waals surface area contributed by atoms with Crippen molar-refractivity contribution in [1.29, 1.82) is 0 Å². The van der Waals surface area contributed by atoms with E-state index in [0.717, 1.165) is 10.9 Å². The number of likely N-dealkylation sites (N-methyl/N-ethyl adjacent to an activating group) is 1. The number of nitrogens with two attached hydrogens (primary N) is 1. The second-order valence-electron chi connectivity index (χ2n) is 5.26. The van der Waals surface area contributed by atoms with Gasteiger partial charge in [-0.1, -0.05) is 18.2 Å². The summed E-state index contributed by atoms with van der Waals surface area (Å²) in [6.45, 7) is 4.31. The lowest BCUT2D eigenvalue weighted by atomic mass is 10.0. The molecule has 0 aliphatic rings. The Balaban J connectivity index is 2.48. The largest absolute Gasteiger partial charge is 0.335 e. The average Bonchev–Trinajstić information content (AvgIpc) is 2.45. The van der Waals surface area contributed by atoms with Crippen LogP contribution in [0.4, 0.5) is 0 Å². The number of carbonyl (C=O) groups excluding carboxylic acids is 1. The van der Waals surface area contributed by atoms with Crippen LogP contribution in [0.3, 0.4) is 0 Å². The van der Waals surface area contributed by atoms with Gasteiger partial charge in [-0.3, -0.25) is 9.78 Å². The SMILES string of the molecule is CN(C(=O)c1cccc2cccnc12)C(C)(C)CN. The predicted molar refractivity (Wildman–Crippen MR) is 77.0 cm³/mol. The predicted octanol–water partition coefficient (Wildman–Crippen LogP) is 2.04. The van der Waals surface area contributed by atoms with E-state index in [1.165, 1.54) is 0 Å². The van der Waals surface area contributed by atoms with Crippen molar-refractivity contribution in [2.45, 2.75) is 19.4 Å². The summed E-state index contributed by atoms with van der Waals surface area (Å²) in [5.74, 6) is -0.0558. The van der Waals surface area contributed by atoms with Gasteiger partial charge in [-0.2, -0.15) is 0 Å². The summed E-state index contributed by atoms with van der Waals surface area (Å²) >= 11 is 0. The third-order valence-electron chi connectivity index (χ3n) is 3.58. The van der Waals surface area contributed by atoms with Gasteiger partial charge in [-0.15, -0.1) is 0 Å². The first-order chi connectivity index (χ1) is 8.97. The molecule has 1 heterocycles. The van der Waals surface area contributed by atoms with E-state index in [-0.39, 0.29) is 11.4 Å². The number of fused-ring (bicyclic) bond motifs is 1. The average molecular weight is 257 g/mol. The standard InChI is InChI=1S/C15H19N3O/c1-15(2,10-16)18(3)14(19)12-8-4-6-11-7-5-9-17-13(11)12/h4-9H,10,16H2,1-3H3. The minimum absolute atomic E-state index is 0.0558. The Morgan fingerprint density at radius 3 is 2.68 bits per heavy atom. The summed E-state index contributed by atoms with van der Waals surface area (Å²) < 4.78 is 0. The Bertz CT molecular complexity index is 602. The van der Waals surface area contributed by atoms with Gasteiger partial charge in [0, 0.05) is 30.7 Å². The number of para-hydroxylation sites is 1. The number of pyridine rings is 1. The molecule has 19 heavy (non-hydrogen) atoms. The number of amides is 1. The highest BCUT2D eigenvalue weighted by molar-refractivity contribution is 6.05. The number of aromatic nitrogens is 1. The Morgan fingerprint density at radius 1 is 1.32 bits per heavy atom. The van der Waals surface area contributed by atoms with E-state index in [4.69, 9.17) is 5.73 Å². The fourth-order valence-corrected chi connectivity index (χ4v) is 1.87. The lowest BCUT2D eigenvalue weighted by Crippen LogP contribution is -2.50. The maximum absolute atomic E-state index is 12.6. The molecule has 0 bridgehead atoms. The quantitative estimate of drug-likeness (QED) is 0.915. The zero-order valence-corrected chi connectivity index (χ0v) is 11.6. The normalized spacial score (nSPS) is 11.6. The zero-order valence-electron chi connectivity index (χ0n) is 11.6. The Morgan fingerprint density at radius 2 is 2.00 bits per heavy atom. The van der Waals surface area contributed by atoms with Crippen LogP contribution in [0.2, 0.25) is 0 Å². The maximum Gasteiger partial charge on any atom is 0.256 e. The molecule has 0 saturated carbocycles. The molecular formula is C15H19N3O. The highest BCUT2D eigenvalue weighted by Gasteiger charge is 2.27. The van der Waals surface area contributed by atoms with E-state index < -0.39 is 0 Å². The molecule has 0 unspecified atom stereocenters. The molecule has 1 aromatic heterocycles. The van der Waals surface area contributed by atoms with Crippen LogP contribution in [0.25, 0.3) is 10.9 Å². The third-order valence-corrected chi connectivity index (χ3v) is 3.58. The molecule has 2 N–H and O–H groups in total. The van der Waals surface area contributed by atoms with Gasteiger partial charge >= 0.3 is 0 Å². The summed E-state index contributed by atoms with van der Waals surface area (Å²) in [5, 5.41) is 0.965. The minimum atomic E-state index is -0.381. The number of rotatable bonds is 3. The van der Waals surface area contributed by atoms with E-state index in [9.17, 15) is 4.79 Å². The van der Waals surface area contributed by atoms with Crippen LogP contribution in [0.5, 0.6) is 0 Å². The van der Waals surface area contributed by atoms with Crippen LogP contribution in [0.15, 0.2) is 36.5 Å². The topological polar surface area (TPSA) is 59.2 Å². The zero-order chi connectivity index (χ0) is 14.0. The second kappa shape index (κ2) is 4.97. The highest BCUT2D eigenvalue weighted by atomic mass is 16.2. The third kappa shape index (κ3) is 2.44. The van der Waals surface area contributed by atoms with Crippen LogP contribution < -0.4 is 5.73 Å². The second-order valence-corrected chi connectivity index (χ2v) is 5.26. The first kappa shape index (κ1) is 13.5. The fraction of sp³-hybridized carbons (Fsp3) is 0.333. The van der Waals surface area contributed by atoms with E-state index in [1.54, 1.807) is 24.2 Å². The van der Waals surface area contributed by atoms with Gasteiger partial charge in [-0.05, 0) is 26.0 Å². The van der Waals surface area contributed by atoms with Crippen molar-refractivity contribution in [3.8, 4) is 0 Å². The van der Waals surface area contributed by atoms with Crippen LogP contribution >= 0.6 is 0 Å². The van der Waals surface area contributed by atoms with Gasteiger partial charge in [0.1, 0.15) is 0 Å². The first-order valence-corrected chi connectivity index (χ1v) is 6.29. The smallest absolute Gasteiger partial charge is 0.256 e. The van der Waals surface area contributed by atoms with Gasteiger partial charge in [0.15, 0.2) is 0 Å². The van der Waals surface area contributed by atoms with Crippen molar-refractivity contribution in [3.63, 3.8) is 0 Å². The fourth-order valence-electron chi connectivity index (χ4n) is 1.87.